The number of rotatable bonds is 3. The van der Waals surface area contributed by atoms with Crippen LogP contribution in [0.5, 0.6) is 0 Å². The van der Waals surface area contributed by atoms with Crippen molar-refractivity contribution in [3.8, 4) is 11.1 Å². The fourth-order valence-electron chi connectivity index (χ4n) is 1.82. The summed E-state index contributed by atoms with van der Waals surface area (Å²) in [7, 11) is 0. The third kappa shape index (κ3) is 1.91. The quantitative estimate of drug-likeness (QED) is 0.876. The fraction of sp³-hybridized carbons (Fsp3) is 0.250. The minimum atomic E-state index is -1.02. The predicted octanol–water partition coefficient (Wildman–Crippen LogP) is 1.97. The van der Waals surface area contributed by atoms with Gasteiger partial charge in [-0.2, -0.15) is 5.10 Å². The Labute approximate surface area is 98.7 Å². The number of carboxylic acids is 1. The Kier molecular flexibility index (Phi) is 2.91. The van der Waals surface area contributed by atoms with Crippen molar-refractivity contribution in [3.63, 3.8) is 0 Å². The largest absolute Gasteiger partial charge is 0.476 e. The van der Waals surface area contributed by atoms with Crippen molar-refractivity contribution in [3.05, 3.63) is 35.9 Å². The average Bonchev–Trinajstić information content (AvgIpc) is 2.70. The van der Waals surface area contributed by atoms with E-state index in [0.717, 1.165) is 17.8 Å². The monoisotopic (exact) mass is 231 g/mol. The van der Waals surface area contributed by atoms with Crippen molar-refractivity contribution >= 4 is 5.97 Å². The van der Waals surface area contributed by atoms with Crippen molar-refractivity contribution < 1.29 is 9.90 Å². The number of hydrogen-bond acceptors (Lipinski definition) is 3. The summed E-state index contributed by atoms with van der Waals surface area (Å²) in [6.07, 6.45) is 3.16. The molecule has 17 heavy (non-hydrogen) atoms. The van der Waals surface area contributed by atoms with E-state index >= 15 is 0 Å². The van der Waals surface area contributed by atoms with E-state index in [1.165, 1.54) is 6.20 Å². The van der Waals surface area contributed by atoms with E-state index in [-0.39, 0.29) is 5.69 Å². The maximum absolute atomic E-state index is 11.1. The molecule has 2 rings (SSSR count). The van der Waals surface area contributed by atoms with Crippen LogP contribution in [0.2, 0.25) is 0 Å². The first-order valence-electron chi connectivity index (χ1n) is 5.36. The minimum Gasteiger partial charge on any atom is -0.476 e. The van der Waals surface area contributed by atoms with E-state index in [0.29, 0.717) is 5.56 Å². The number of aryl methyl sites for hydroxylation is 1. The fourth-order valence-corrected chi connectivity index (χ4v) is 1.82. The summed E-state index contributed by atoms with van der Waals surface area (Å²) < 4.78 is 1.83. The zero-order valence-electron chi connectivity index (χ0n) is 9.71. The van der Waals surface area contributed by atoms with E-state index in [9.17, 15) is 4.79 Å². The van der Waals surface area contributed by atoms with Gasteiger partial charge in [0.05, 0.1) is 6.20 Å². The number of aromatic nitrogens is 3. The van der Waals surface area contributed by atoms with Gasteiger partial charge in [0.25, 0.3) is 0 Å². The van der Waals surface area contributed by atoms with Crippen molar-refractivity contribution in [1.82, 2.24) is 14.8 Å². The number of carbonyl (C=O) groups is 1. The van der Waals surface area contributed by atoms with Crippen LogP contribution >= 0.6 is 0 Å². The molecule has 0 spiro atoms. The normalized spacial score (nSPS) is 10.5. The molecule has 0 amide bonds. The Morgan fingerprint density at radius 2 is 2.24 bits per heavy atom. The topological polar surface area (TPSA) is 68.0 Å². The molecule has 0 aliphatic rings. The average molecular weight is 231 g/mol. The highest BCUT2D eigenvalue weighted by Gasteiger charge is 2.16. The maximum atomic E-state index is 11.1. The molecule has 0 fully saturated rings. The first-order chi connectivity index (χ1) is 8.15. The van der Waals surface area contributed by atoms with Crippen LogP contribution in [0.4, 0.5) is 0 Å². The van der Waals surface area contributed by atoms with Crippen LogP contribution in [0, 0.1) is 6.92 Å². The molecule has 1 N–H and O–H groups in total. The lowest BCUT2D eigenvalue weighted by Gasteiger charge is -2.05. The van der Waals surface area contributed by atoms with E-state index in [1.54, 1.807) is 18.3 Å². The lowest BCUT2D eigenvalue weighted by molar-refractivity contribution is 0.0691. The molecule has 0 aromatic carbocycles. The number of hydrogen-bond donors (Lipinski definition) is 1. The molecule has 5 heteroatoms. The highest BCUT2D eigenvalue weighted by molar-refractivity contribution is 5.94. The van der Waals surface area contributed by atoms with Gasteiger partial charge in [0.2, 0.25) is 0 Å². The van der Waals surface area contributed by atoms with Crippen molar-refractivity contribution in [2.45, 2.75) is 20.4 Å². The third-order valence-electron chi connectivity index (χ3n) is 2.70. The second-order valence-corrected chi connectivity index (χ2v) is 3.66. The van der Waals surface area contributed by atoms with Crippen LogP contribution in [-0.4, -0.2) is 25.8 Å². The molecule has 0 radical (unpaired) electrons. The first kappa shape index (κ1) is 11.3. The molecule has 2 heterocycles. The van der Waals surface area contributed by atoms with Crippen LogP contribution < -0.4 is 0 Å². The van der Waals surface area contributed by atoms with Gasteiger partial charge in [-0.25, -0.2) is 9.78 Å². The summed E-state index contributed by atoms with van der Waals surface area (Å²) in [6.45, 7) is 4.67. The molecule has 0 unspecified atom stereocenters. The molecule has 5 nitrogen and oxygen atoms in total. The molecule has 0 bridgehead atoms. The molecular formula is C12H13N3O2. The maximum Gasteiger partial charge on any atom is 0.355 e. The van der Waals surface area contributed by atoms with Gasteiger partial charge in [-0.05, 0) is 19.9 Å². The van der Waals surface area contributed by atoms with Crippen molar-refractivity contribution in [2.24, 2.45) is 0 Å². The molecule has 2 aromatic rings. The number of aromatic carboxylic acids is 1. The van der Waals surface area contributed by atoms with Gasteiger partial charge in [-0.15, -0.1) is 0 Å². The summed E-state index contributed by atoms with van der Waals surface area (Å²) in [4.78, 5) is 15.0. The smallest absolute Gasteiger partial charge is 0.355 e. The lowest BCUT2D eigenvalue weighted by Crippen LogP contribution is -2.03. The Bertz CT molecular complexity index is 561. The molecule has 0 saturated carbocycles. The van der Waals surface area contributed by atoms with Gasteiger partial charge in [0.15, 0.2) is 5.69 Å². The minimum absolute atomic E-state index is 0.0613. The van der Waals surface area contributed by atoms with Crippen molar-refractivity contribution in [2.75, 3.05) is 0 Å². The molecule has 0 atom stereocenters. The van der Waals surface area contributed by atoms with Crippen LogP contribution in [0.25, 0.3) is 11.1 Å². The summed E-state index contributed by atoms with van der Waals surface area (Å²) in [5.74, 6) is -1.02. The molecule has 2 aromatic heterocycles. The highest BCUT2D eigenvalue weighted by atomic mass is 16.4. The van der Waals surface area contributed by atoms with Crippen LogP contribution in [0.15, 0.2) is 24.5 Å². The van der Waals surface area contributed by atoms with Gasteiger partial charge in [-0.1, -0.05) is 6.07 Å². The Morgan fingerprint density at radius 3 is 2.82 bits per heavy atom. The number of nitrogens with zero attached hydrogens (tertiary/aromatic N) is 3. The highest BCUT2D eigenvalue weighted by Crippen LogP contribution is 2.25. The number of carboxylic acid groups (broad SMARTS) is 1. The van der Waals surface area contributed by atoms with E-state index in [1.807, 2.05) is 18.5 Å². The standard InChI is InChI=1S/C12H13N3O2/c1-3-15-8(2)10(7-14-15)9-5-4-6-13-11(9)12(16)17/h4-7H,3H2,1-2H3,(H,16,17). The van der Waals surface area contributed by atoms with Gasteiger partial charge in [0.1, 0.15) is 0 Å². The summed E-state index contributed by atoms with van der Waals surface area (Å²) >= 11 is 0. The molecule has 88 valence electrons. The van der Waals surface area contributed by atoms with Gasteiger partial charge < -0.3 is 5.11 Å². The molecular weight excluding hydrogens is 218 g/mol. The first-order valence-corrected chi connectivity index (χ1v) is 5.36. The van der Waals surface area contributed by atoms with Crippen LogP contribution in [-0.2, 0) is 6.54 Å². The summed E-state index contributed by atoms with van der Waals surface area (Å²) in [5, 5.41) is 13.3. The van der Waals surface area contributed by atoms with Crippen molar-refractivity contribution in [1.29, 1.82) is 0 Å². The third-order valence-corrected chi connectivity index (χ3v) is 2.70. The van der Waals surface area contributed by atoms with Gasteiger partial charge >= 0.3 is 5.97 Å². The zero-order valence-corrected chi connectivity index (χ0v) is 9.71. The van der Waals surface area contributed by atoms with Gasteiger partial charge in [-0.3, -0.25) is 4.68 Å². The molecule has 0 aliphatic carbocycles. The SMILES string of the molecule is CCn1ncc(-c2cccnc2C(=O)O)c1C. The van der Waals surface area contributed by atoms with Crippen LogP contribution in [0.3, 0.4) is 0 Å². The van der Waals surface area contributed by atoms with E-state index in [4.69, 9.17) is 5.11 Å². The van der Waals surface area contributed by atoms with Crippen LogP contribution in [0.1, 0.15) is 23.1 Å². The Hall–Kier alpha value is -2.17. The summed E-state index contributed by atoms with van der Waals surface area (Å²) in [5.41, 5.74) is 2.43. The molecule has 0 aliphatic heterocycles. The predicted molar refractivity (Wildman–Crippen MR) is 62.8 cm³/mol. The summed E-state index contributed by atoms with van der Waals surface area (Å²) in [6, 6.07) is 3.48. The van der Waals surface area contributed by atoms with Gasteiger partial charge in [0, 0.05) is 29.6 Å². The number of pyridine rings is 1. The Balaban J connectivity index is 2.60. The lowest BCUT2D eigenvalue weighted by atomic mass is 10.1. The molecule has 0 saturated heterocycles. The second-order valence-electron chi connectivity index (χ2n) is 3.66. The zero-order chi connectivity index (χ0) is 12.4. The Morgan fingerprint density at radius 1 is 1.47 bits per heavy atom. The second kappa shape index (κ2) is 4.37. The van der Waals surface area contributed by atoms with E-state index < -0.39 is 5.97 Å². The van der Waals surface area contributed by atoms with E-state index in [2.05, 4.69) is 10.1 Å².